The molecule has 1 saturated carbocycles. The molecule has 4 rings (SSSR count). The van der Waals surface area contributed by atoms with Crippen LogP contribution in [0.4, 0.5) is 13.2 Å². The number of hydrogen-bond acceptors (Lipinski definition) is 5. The van der Waals surface area contributed by atoms with E-state index in [1.54, 1.807) is 25.3 Å². The van der Waals surface area contributed by atoms with Crippen LogP contribution in [0.15, 0.2) is 35.8 Å². The third-order valence-corrected chi connectivity index (χ3v) is 6.18. The summed E-state index contributed by atoms with van der Waals surface area (Å²) in [5.41, 5.74) is 1.66. The van der Waals surface area contributed by atoms with Gasteiger partial charge in [0.05, 0.1) is 19.0 Å². The van der Waals surface area contributed by atoms with Crippen LogP contribution in [0.2, 0.25) is 0 Å². The van der Waals surface area contributed by atoms with Gasteiger partial charge in [-0.1, -0.05) is 6.08 Å². The van der Waals surface area contributed by atoms with Gasteiger partial charge in [0.15, 0.2) is 0 Å². The molecule has 1 aromatic carbocycles. The van der Waals surface area contributed by atoms with Crippen LogP contribution in [0.3, 0.4) is 0 Å². The highest BCUT2D eigenvalue weighted by atomic mass is 19.3. The van der Waals surface area contributed by atoms with Crippen molar-refractivity contribution in [2.75, 3.05) is 26.9 Å². The maximum Gasteiger partial charge on any atom is 0.272 e. The minimum absolute atomic E-state index is 0.0159. The van der Waals surface area contributed by atoms with Crippen LogP contribution < -0.4 is 14.8 Å². The first-order valence-electron chi connectivity index (χ1n) is 12.0. The zero-order chi connectivity index (χ0) is 25.7. The maximum atomic E-state index is 14.7. The van der Waals surface area contributed by atoms with Crippen LogP contribution >= 0.6 is 0 Å². The number of imidazole rings is 1. The molecule has 194 valence electrons. The molecule has 7 nitrogen and oxygen atoms in total. The summed E-state index contributed by atoms with van der Waals surface area (Å²) in [6, 6.07) is 3.18. The second kappa shape index (κ2) is 11.6. The summed E-state index contributed by atoms with van der Waals surface area (Å²) in [5, 5.41) is 2.84. The Labute approximate surface area is 207 Å². The fraction of sp³-hybridized carbons (Fsp3) is 0.462. The second-order valence-electron chi connectivity index (χ2n) is 8.81. The number of aromatic amines is 1. The van der Waals surface area contributed by atoms with E-state index in [0.29, 0.717) is 48.7 Å². The highest BCUT2D eigenvalue weighted by molar-refractivity contribution is 6.01. The van der Waals surface area contributed by atoms with E-state index in [-0.39, 0.29) is 34.8 Å². The molecule has 0 unspecified atom stereocenters. The van der Waals surface area contributed by atoms with Crippen LogP contribution in [-0.2, 0) is 4.74 Å². The molecular weight excluding hydrogens is 475 g/mol. The molecule has 1 aliphatic carbocycles. The van der Waals surface area contributed by atoms with Gasteiger partial charge in [-0.25, -0.2) is 18.2 Å². The lowest BCUT2D eigenvalue weighted by atomic mass is 9.90. The minimum atomic E-state index is -2.71. The molecule has 1 amide bonds. The van der Waals surface area contributed by atoms with Crippen molar-refractivity contribution in [3.05, 3.63) is 47.2 Å². The number of hydrogen-bond donors (Lipinski definition) is 2. The van der Waals surface area contributed by atoms with Gasteiger partial charge in [-0.05, 0) is 62.3 Å². The number of nitrogens with zero attached hydrogens (tertiary/aromatic N) is 1. The van der Waals surface area contributed by atoms with Crippen LogP contribution in [0.5, 0.6) is 11.5 Å². The number of amides is 1. The molecule has 2 heterocycles. The van der Waals surface area contributed by atoms with Gasteiger partial charge >= 0.3 is 0 Å². The van der Waals surface area contributed by atoms with Gasteiger partial charge in [-0.3, -0.25) is 4.79 Å². The van der Waals surface area contributed by atoms with Gasteiger partial charge < -0.3 is 24.5 Å². The number of alkyl halides is 2. The Balaban J connectivity index is 1.68. The molecule has 2 fully saturated rings. The van der Waals surface area contributed by atoms with Crippen molar-refractivity contribution in [1.29, 1.82) is 0 Å². The quantitative estimate of drug-likeness (QED) is 0.428. The first-order valence-corrected chi connectivity index (χ1v) is 12.0. The SMILES string of the molecule is C/C=C(F)\C(=C/c1ncc(-c2cc(OC)c(C(=O)NC3CC3)c(OCC(F)F)c2)[nH]1)C1CCOCC1. The number of methoxy groups -OCH3 is 1. The molecule has 0 radical (unpaired) electrons. The van der Waals surface area contributed by atoms with Crippen molar-refractivity contribution in [2.24, 2.45) is 5.92 Å². The standard InChI is InChI=1S/C26H30F3N3O4/c1-3-19(27)18(15-6-8-35-9-7-15)12-24-30-13-20(32-24)16-10-21(34-2)25(26(33)31-17-4-5-17)22(11-16)36-14-23(28)29/h3,10-13,15,17,23H,4-9,14H2,1-2H3,(H,30,32)(H,31,33)/b18-12-,19-3+. The zero-order valence-electron chi connectivity index (χ0n) is 20.3. The van der Waals surface area contributed by atoms with E-state index in [2.05, 4.69) is 15.3 Å². The number of carbonyl (C=O) groups excluding carboxylic acids is 1. The molecule has 1 aromatic heterocycles. The number of carbonyl (C=O) groups is 1. The Morgan fingerprint density at radius 1 is 1.25 bits per heavy atom. The van der Waals surface area contributed by atoms with Crippen LogP contribution in [0.1, 0.15) is 48.8 Å². The van der Waals surface area contributed by atoms with Gasteiger partial charge in [0.25, 0.3) is 12.3 Å². The van der Waals surface area contributed by atoms with E-state index in [1.807, 2.05) is 0 Å². The predicted octanol–water partition coefficient (Wildman–Crippen LogP) is 5.30. The molecule has 2 aliphatic rings. The maximum absolute atomic E-state index is 14.7. The fourth-order valence-electron chi connectivity index (χ4n) is 4.14. The largest absolute Gasteiger partial charge is 0.496 e. The Kier molecular flexibility index (Phi) is 8.35. The zero-order valence-corrected chi connectivity index (χ0v) is 20.3. The van der Waals surface area contributed by atoms with E-state index in [1.165, 1.54) is 19.3 Å². The van der Waals surface area contributed by atoms with Gasteiger partial charge in [0, 0.05) is 24.8 Å². The molecule has 10 heteroatoms. The van der Waals surface area contributed by atoms with E-state index < -0.39 is 18.9 Å². The van der Waals surface area contributed by atoms with Crippen LogP contribution in [0.25, 0.3) is 17.3 Å². The second-order valence-corrected chi connectivity index (χ2v) is 8.81. The molecule has 2 N–H and O–H groups in total. The fourth-order valence-corrected chi connectivity index (χ4v) is 4.14. The van der Waals surface area contributed by atoms with Crippen molar-refractivity contribution in [3.63, 3.8) is 0 Å². The Morgan fingerprint density at radius 3 is 2.61 bits per heavy atom. The molecule has 36 heavy (non-hydrogen) atoms. The number of benzene rings is 1. The summed E-state index contributed by atoms with van der Waals surface area (Å²) in [4.78, 5) is 20.3. The molecule has 1 aliphatic heterocycles. The summed E-state index contributed by atoms with van der Waals surface area (Å²) in [7, 11) is 1.39. The van der Waals surface area contributed by atoms with E-state index >= 15 is 0 Å². The van der Waals surface area contributed by atoms with E-state index in [4.69, 9.17) is 14.2 Å². The first-order chi connectivity index (χ1) is 17.4. The number of aromatic nitrogens is 2. The highest BCUT2D eigenvalue weighted by Gasteiger charge is 2.28. The first kappa shape index (κ1) is 25.8. The highest BCUT2D eigenvalue weighted by Crippen LogP contribution is 2.36. The normalized spacial score (nSPS) is 17.4. The number of ether oxygens (including phenoxy) is 3. The lowest BCUT2D eigenvalue weighted by molar-refractivity contribution is 0.0759. The number of nitrogens with one attached hydrogen (secondary N) is 2. The molecule has 1 saturated heterocycles. The summed E-state index contributed by atoms with van der Waals surface area (Å²) in [5.74, 6) is -0.131. The summed E-state index contributed by atoms with van der Waals surface area (Å²) < 4.78 is 56.7. The predicted molar refractivity (Wildman–Crippen MR) is 129 cm³/mol. The van der Waals surface area contributed by atoms with Crippen molar-refractivity contribution >= 4 is 12.0 Å². The van der Waals surface area contributed by atoms with Crippen LogP contribution in [-0.4, -0.2) is 55.3 Å². The average Bonchev–Trinajstić information content (AvgIpc) is 3.58. The van der Waals surface area contributed by atoms with Crippen molar-refractivity contribution in [1.82, 2.24) is 15.3 Å². The van der Waals surface area contributed by atoms with Crippen molar-refractivity contribution < 1.29 is 32.2 Å². The lowest BCUT2D eigenvalue weighted by Crippen LogP contribution is -2.26. The topological polar surface area (TPSA) is 85.5 Å². The Hall–Kier alpha value is -3.27. The summed E-state index contributed by atoms with van der Waals surface area (Å²) in [6.07, 6.45) is 5.11. The molecular formula is C26H30F3N3O4. The van der Waals surface area contributed by atoms with Crippen molar-refractivity contribution in [3.8, 4) is 22.8 Å². The van der Waals surface area contributed by atoms with Crippen molar-refractivity contribution in [2.45, 2.75) is 45.1 Å². The lowest BCUT2D eigenvalue weighted by Gasteiger charge is -2.23. The monoisotopic (exact) mass is 505 g/mol. The van der Waals surface area contributed by atoms with E-state index in [9.17, 15) is 18.0 Å². The number of rotatable bonds is 10. The van der Waals surface area contributed by atoms with Gasteiger partial charge in [0.2, 0.25) is 0 Å². The Morgan fingerprint density at radius 2 is 1.97 bits per heavy atom. The average molecular weight is 506 g/mol. The summed E-state index contributed by atoms with van der Waals surface area (Å²) >= 11 is 0. The smallest absolute Gasteiger partial charge is 0.272 e. The molecule has 0 atom stereocenters. The molecule has 0 spiro atoms. The van der Waals surface area contributed by atoms with E-state index in [0.717, 1.165) is 12.8 Å². The summed E-state index contributed by atoms with van der Waals surface area (Å²) in [6.45, 7) is 1.92. The third kappa shape index (κ3) is 6.29. The minimum Gasteiger partial charge on any atom is -0.496 e. The number of halogens is 3. The Bertz CT molecular complexity index is 1140. The third-order valence-electron chi connectivity index (χ3n) is 6.18. The van der Waals surface area contributed by atoms with Crippen LogP contribution in [0, 0.1) is 5.92 Å². The molecule has 2 aromatic rings. The van der Waals surface area contributed by atoms with Gasteiger partial charge in [-0.2, -0.15) is 0 Å². The number of H-pyrrole nitrogens is 1. The van der Waals surface area contributed by atoms with Gasteiger partial charge in [-0.15, -0.1) is 0 Å². The number of allylic oxidation sites excluding steroid dienone is 3. The van der Waals surface area contributed by atoms with Gasteiger partial charge in [0.1, 0.15) is 35.3 Å². The molecule has 0 bridgehead atoms.